The molecule has 1 aliphatic carbocycles. The van der Waals surface area contributed by atoms with Crippen LogP contribution in [0.2, 0.25) is 0 Å². The number of benzene rings is 1. The van der Waals surface area contributed by atoms with Crippen molar-refractivity contribution in [2.24, 2.45) is 0 Å². The van der Waals surface area contributed by atoms with Crippen LogP contribution >= 0.6 is 11.3 Å². The molecule has 1 aliphatic rings. The molecule has 0 spiro atoms. The highest BCUT2D eigenvalue weighted by Crippen LogP contribution is 2.39. The lowest BCUT2D eigenvalue weighted by Gasteiger charge is -2.15. The normalized spacial score (nSPS) is 12.6. The minimum Gasteiger partial charge on any atom is -0.382 e. The topological polar surface area (TPSA) is 38.3 Å². The number of aryl methyl sites for hydroxylation is 2. The van der Waals surface area contributed by atoms with Crippen LogP contribution in [0, 0.1) is 0 Å². The summed E-state index contributed by atoms with van der Waals surface area (Å²) in [5.74, 6) is 0.0355. The summed E-state index contributed by atoms with van der Waals surface area (Å²) in [6.45, 7) is 4.07. The molecule has 3 nitrogen and oxygen atoms in total. The second kappa shape index (κ2) is 7.07. The highest BCUT2D eigenvalue weighted by molar-refractivity contribution is 7.17. The van der Waals surface area contributed by atoms with E-state index in [1.807, 2.05) is 6.92 Å². The van der Waals surface area contributed by atoms with E-state index < -0.39 is 0 Å². The molecule has 3 rings (SSSR count). The second-order valence-corrected chi connectivity index (χ2v) is 6.48. The van der Waals surface area contributed by atoms with E-state index in [9.17, 15) is 4.79 Å². The van der Waals surface area contributed by atoms with E-state index in [0.717, 1.165) is 30.7 Å². The van der Waals surface area contributed by atoms with Crippen molar-refractivity contribution in [1.29, 1.82) is 0 Å². The smallest absolute Gasteiger partial charge is 0.261 e. The number of ether oxygens (including phenoxy) is 1. The molecule has 0 saturated carbocycles. The van der Waals surface area contributed by atoms with E-state index in [0.29, 0.717) is 13.2 Å². The standard InChI is InChI=1S/C18H21NO2S/c1-2-21-11-5-10-19-18(20)16-12-14-9-8-13-6-3-4-7-15(13)17(14)22-16/h3-4,6-7,12H,2,5,8-11H2,1H3,(H,19,20). The maximum absolute atomic E-state index is 12.3. The van der Waals surface area contributed by atoms with Gasteiger partial charge in [-0.1, -0.05) is 24.3 Å². The molecule has 0 fully saturated rings. The fourth-order valence-corrected chi connectivity index (χ4v) is 3.98. The average Bonchev–Trinajstić information content (AvgIpc) is 2.99. The highest BCUT2D eigenvalue weighted by atomic mass is 32.1. The molecule has 4 heteroatoms. The van der Waals surface area contributed by atoms with Gasteiger partial charge in [0.25, 0.3) is 5.91 Å². The Kier molecular flexibility index (Phi) is 4.90. The second-order valence-electron chi connectivity index (χ2n) is 5.43. The predicted molar refractivity (Wildman–Crippen MR) is 90.6 cm³/mol. The fourth-order valence-electron chi connectivity index (χ4n) is 2.79. The molecule has 1 heterocycles. The van der Waals surface area contributed by atoms with Crippen LogP contribution in [-0.2, 0) is 17.6 Å². The zero-order chi connectivity index (χ0) is 15.4. The fraction of sp³-hybridized carbons (Fsp3) is 0.389. The van der Waals surface area contributed by atoms with Crippen LogP contribution in [-0.4, -0.2) is 25.7 Å². The first-order chi connectivity index (χ1) is 10.8. The molecule has 1 N–H and O–H groups in total. The number of amides is 1. The molecule has 1 aromatic carbocycles. The Morgan fingerprint density at radius 2 is 2.09 bits per heavy atom. The summed E-state index contributed by atoms with van der Waals surface area (Å²) < 4.78 is 5.28. The zero-order valence-corrected chi connectivity index (χ0v) is 13.7. The number of hydrogen-bond acceptors (Lipinski definition) is 3. The molecule has 22 heavy (non-hydrogen) atoms. The van der Waals surface area contributed by atoms with Gasteiger partial charge in [0.1, 0.15) is 0 Å². The number of rotatable bonds is 6. The van der Waals surface area contributed by atoms with Crippen molar-refractivity contribution in [3.05, 3.63) is 46.3 Å². The number of fused-ring (bicyclic) bond motifs is 3. The van der Waals surface area contributed by atoms with Crippen LogP contribution < -0.4 is 5.32 Å². The van der Waals surface area contributed by atoms with Gasteiger partial charge in [-0.15, -0.1) is 11.3 Å². The molecule has 0 radical (unpaired) electrons. The Hall–Kier alpha value is -1.65. The Morgan fingerprint density at radius 1 is 1.27 bits per heavy atom. The summed E-state index contributed by atoms with van der Waals surface area (Å²) in [4.78, 5) is 14.3. The third-order valence-corrected chi connectivity index (χ3v) is 5.12. The van der Waals surface area contributed by atoms with Gasteiger partial charge in [-0.25, -0.2) is 0 Å². The molecule has 1 amide bonds. The summed E-state index contributed by atoms with van der Waals surface area (Å²) >= 11 is 1.61. The highest BCUT2D eigenvalue weighted by Gasteiger charge is 2.20. The van der Waals surface area contributed by atoms with Crippen molar-refractivity contribution in [3.8, 4) is 10.4 Å². The monoisotopic (exact) mass is 315 g/mol. The van der Waals surface area contributed by atoms with Crippen LogP contribution in [0.5, 0.6) is 0 Å². The molecule has 2 aromatic rings. The first-order valence-corrected chi connectivity index (χ1v) is 8.68. The lowest BCUT2D eigenvalue weighted by molar-refractivity contribution is 0.0948. The summed E-state index contributed by atoms with van der Waals surface area (Å²) in [6, 6.07) is 10.6. The van der Waals surface area contributed by atoms with Gasteiger partial charge >= 0.3 is 0 Å². The molecular formula is C18H21NO2S. The van der Waals surface area contributed by atoms with Crippen LogP contribution in [0.1, 0.15) is 34.1 Å². The van der Waals surface area contributed by atoms with Gasteiger partial charge in [0.05, 0.1) is 4.88 Å². The number of hydrogen-bond donors (Lipinski definition) is 1. The third kappa shape index (κ3) is 3.23. The lowest BCUT2D eigenvalue weighted by Crippen LogP contribution is -2.24. The quantitative estimate of drug-likeness (QED) is 0.826. The Labute approximate surface area is 135 Å². The maximum atomic E-state index is 12.3. The van der Waals surface area contributed by atoms with Crippen molar-refractivity contribution < 1.29 is 9.53 Å². The first kappa shape index (κ1) is 15.3. The largest absolute Gasteiger partial charge is 0.382 e. The molecule has 0 bridgehead atoms. The van der Waals surface area contributed by atoms with Crippen molar-refractivity contribution in [1.82, 2.24) is 5.32 Å². The van der Waals surface area contributed by atoms with E-state index in [1.54, 1.807) is 11.3 Å². The molecule has 0 saturated heterocycles. The van der Waals surface area contributed by atoms with Crippen LogP contribution in [0.25, 0.3) is 10.4 Å². The van der Waals surface area contributed by atoms with Gasteiger partial charge in [0, 0.05) is 24.6 Å². The van der Waals surface area contributed by atoms with Crippen LogP contribution in [0.15, 0.2) is 30.3 Å². The van der Waals surface area contributed by atoms with Crippen LogP contribution in [0.4, 0.5) is 0 Å². The average molecular weight is 315 g/mol. The number of nitrogens with one attached hydrogen (secondary N) is 1. The summed E-state index contributed by atoms with van der Waals surface area (Å²) in [6.07, 6.45) is 2.95. The number of carbonyl (C=O) groups excluding carboxylic acids is 1. The molecule has 0 atom stereocenters. The Bertz CT molecular complexity index is 663. The molecule has 0 unspecified atom stereocenters. The van der Waals surface area contributed by atoms with Crippen molar-refractivity contribution in [3.63, 3.8) is 0 Å². The van der Waals surface area contributed by atoms with Crippen molar-refractivity contribution >= 4 is 17.2 Å². The maximum Gasteiger partial charge on any atom is 0.261 e. The SMILES string of the molecule is CCOCCCNC(=O)c1cc2c(s1)-c1ccccc1CC2. The summed E-state index contributed by atoms with van der Waals surface area (Å²) in [5, 5.41) is 2.98. The summed E-state index contributed by atoms with van der Waals surface area (Å²) in [7, 11) is 0. The Morgan fingerprint density at radius 3 is 2.95 bits per heavy atom. The van der Waals surface area contributed by atoms with Gasteiger partial charge in [-0.05, 0) is 48.9 Å². The third-order valence-electron chi connectivity index (χ3n) is 3.91. The summed E-state index contributed by atoms with van der Waals surface area (Å²) in [5.41, 5.74) is 3.99. The number of thiophene rings is 1. The van der Waals surface area contributed by atoms with Crippen molar-refractivity contribution in [2.75, 3.05) is 19.8 Å². The van der Waals surface area contributed by atoms with E-state index in [4.69, 9.17) is 4.74 Å². The zero-order valence-electron chi connectivity index (χ0n) is 12.9. The van der Waals surface area contributed by atoms with Gasteiger partial charge in [0.2, 0.25) is 0 Å². The van der Waals surface area contributed by atoms with Gasteiger partial charge in [-0.3, -0.25) is 4.79 Å². The van der Waals surface area contributed by atoms with Gasteiger partial charge in [-0.2, -0.15) is 0 Å². The Balaban J connectivity index is 1.68. The van der Waals surface area contributed by atoms with E-state index in [1.165, 1.54) is 21.6 Å². The van der Waals surface area contributed by atoms with Gasteiger partial charge in [0.15, 0.2) is 0 Å². The van der Waals surface area contributed by atoms with Gasteiger partial charge < -0.3 is 10.1 Å². The number of carbonyl (C=O) groups is 1. The lowest BCUT2D eigenvalue weighted by atomic mass is 9.91. The van der Waals surface area contributed by atoms with E-state index in [2.05, 4.69) is 35.6 Å². The predicted octanol–water partition coefficient (Wildman–Crippen LogP) is 3.67. The minimum absolute atomic E-state index is 0.0355. The molecule has 1 aromatic heterocycles. The van der Waals surface area contributed by atoms with E-state index in [-0.39, 0.29) is 5.91 Å². The molecule has 0 aliphatic heterocycles. The van der Waals surface area contributed by atoms with Crippen LogP contribution in [0.3, 0.4) is 0 Å². The van der Waals surface area contributed by atoms with Crippen molar-refractivity contribution in [2.45, 2.75) is 26.2 Å². The molecule has 116 valence electrons. The van der Waals surface area contributed by atoms with E-state index >= 15 is 0 Å². The molecular weight excluding hydrogens is 294 g/mol. The first-order valence-electron chi connectivity index (χ1n) is 7.86. The minimum atomic E-state index is 0.0355.